The van der Waals surface area contributed by atoms with Crippen LogP contribution >= 0.6 is 11.6 Å². The van der Waals surface area contributed by atoms with E-state index in [4.69, 9.17) is 11.6 Å². The van der Waals surface area contributed by atoms with Crippen LogP contribution in [0, 0.1) is 0 Å². The molecule has 1 unspecified atom stereocenters. The molecule has 1 aromatic heterocycles. The highest BCUT2D eigenvalue weighted by Gasteiger charge is 2.17. The van der Waals surface area contributed by atoms with Gasteiger partial charge in [0.05, 0.1) is 0 Å². The van der Waals surface area contributed by atoms with Gasteiger partial charge in [0.1, 0.15) is 17.3 Å². The zero-order chi connectivity index (χ0) is 13.7. The van der Waals surface area contributed by atoms with Crippen molar-refractivity contribution in [3.05, 3.63) is 17.0 Å². The average molecular weight is 283 g/mol. The molecule has 4 nitrogen and oxygen atoms in total. The highest BCUT2D eigenvalue weighted by Crippen LogP contribution is 2.20. The lowest BCUT2D eigenvalue weighted by atomic mass is 10.1. The van der Waals surface area contributed by atoms with Gasteiger partial charge in [0.25, 0.3) is 0 Å². The predicted molar refractivity (Wildman–Crippen MR) is 79.8 cm³/mol. The van der Waals surface area contributed by atoms with Gasteiger partial charge in [0, 0.05) is 18.2 Å². The van der Waals surface area contributed by atoms with Gasteiger partial charge in [-0.2, -0.15) is 0 Å². The SMILES string of the molecule is CCc1c(Cl)ncnc1NCC(C)N1CCCCC1. The molecule has 2 rings (SSSR count). The van der Waals surface area contributed by atoms with Crippen LogP contribution in [0.2, 0.25) is 5.15 Å². The third-order valence-electron chi connectivity index (χ3n) is 3.83. The summed E-state index contributed by atoms with van der Waals surface area (Å²) in [6, 6.07) is 0.527. The zero-order valence-corrected chi connectivity index (χ0v) is 12.6. The van der Waals surface area contributed by atoms with Crippen LogP contribution in [0.15, 0.2) is 6.33 Å². The van der Waals surface area contributed by atoms with E-state index >= 15 is 0 Å². The Balaban J connectivity index is 1.92. The number of nitrogens with one attached hydrogen (secondary N) is 1. The summed E-state index contributed by atoms with van der Waals surface area (Å²) in [4.78, 5) is 10.9. The molecule has 0 spiro atoms. The molecule has 1 N–H and O–H groups in total. The Bertz CT molecular complexity index is 404. The van der Waals surface area contributed by atoms with E-state index in [1.165, 1.54) is 38.7 Å². The minimum Gasteiger partial charge on any atom is -0.368 e. The summed E-state index contributed by atoms with van der Waals surface area (Å²) in [5, 5.41) is 3.99. The summed E-state index contributed by atoms with van der Waals surface area (Å²) in [7, 11) is 0. The van der Waals surface area contributed by atoms with Crippen LogP contribution in [-0.4, -0.2) is 40.5 Å². The van der Waals surface area contributed by atoms with Gasteiger partial charge < -0.3 is 5.32 Å². The summed E-state index contributed by atoms with van der Waals surface area (Å²) in [5.41, 5.74) is 1.01. The maximum absolute atomic E-state index is 6.09. The highest BCUT2D eigenvalue weighted by atomic mass is 35.5. The Morgan fingerprint density at radius 1 is 1.32 bits per heavy atom. The van der Waals surface area contributed by atoms with Crippen molar-refractivity contribution in [3.8, 4) is 0 Å². The Kier molecular flexibility index (Phi) is 5.40. The summed E-state index contributed by atoms with van der Waals surface area (Å²) < 4.78 is 0. The molecule has 2 heterocycles. The Labute approximate surface area is 120 Å². The standard InChI is InChI=1S/C14H23ClN4/c1-3-12-13(15)17-10-18-14(12)16-9-11(2)19-7-5-4-6-8-19/h10-11H,3-9H2,1-2H3,(H,16,17,18). The Morgan fingerprint density at radius 3 is 2.74 bits per heavy atom. The molecule has 1 aliphatic rings. The second-order valence-corrected chi connectivity index (χ2v) is 5.53. The first kappa shape index (κ1) is 14.5. The molecular weight excluding hydrogens is 260 g/mol. The fraction of sp³-hybridized carbons (Fsp3) is 0.714. The summed E-state index contributed by atoms with van der Waals surface area (Å²) in [6.45, 7) is 7.68. The van der Waals surface area contributed by atoms with Crippen LogP contribution in [0.4, 0.5) is 5.82 Å². The van der Waals surface area contributed by atoms with E-state index < -0.39 is 0 Å². The van der Waals surface area contributed by atoms with Crippen molar-refractivity contribution in [2.24, 2.45) is 0 Å². The van der Waals surface area contributed by atoms with Crippen molar-refractivity contribution >= 4 is 17.4 Å². The second-order valence-electron chi connectivity index (χ2n) is 5.17. The molecule has 0 aromatic carbocycles. The van der Waals surface area contributed by atoms with E-state index in [-0.39, 0.29) is 0 Å². The molecule has 1 saturated heterocycles. The van der Waals surface area contributed by atoms with E-state index in [2.05, 4.69) is 34.0 Å². The fourth-order valence-electron chi connectivity index (χ4n) is 2.59. The minimum atomic E-state index is 0.527. The number of rotatable bonds is 5. The number of hydrogen-bond acceptors (Lipinski definition) is 4. The lowest BCUT2D eigenvalue weighted by Gasteiger charge is -2.32. The van der Waals surface area contributed by atoms with Gasteiger partial charge >= 0.3 is 0 Å². The molecule has 0 saturated carbocycles. The van der Waals surface area contributed by atoms with Crippen molar-refractivity contribution < 1.29 is 0 Å². The van der Waals surface area contributed by atoms with Crippen molar-refractivity contribution in [2.75, 3.05) is 25.0 Å². The number of anilines is 1. The number of piperidine rings is 1. The van der Waals surface area contributed by atoms with Gasteiger partial charge in [0.15, 0.2) is 0 Å². The van der Waals surface area contributed by atoms with E-state index in [0.717, 1.165) is 24.3 Å². The quantitative estimate of drug-likeness (QED) is 0.843. The normalized spacial score (nSPS) is 18.3. The third-order valence-corrected chi connectivity index (χ3v) is 4.15. The fourth-order valence-corrected chi connectivity index (χ4v) is 2.86. The van der Waals surface area contributed by atoms with Crippen LogP contribution in [0.3, 0.4) is 0 Å². The van der Waals surface area contributed by atoms with Crippen LogP contribution < -0.4 is 5.32 Å². The van der Waals surface area contributed by atoms with Gasteiger partial charge in [-0.25, -0.2) is 9.97 Å². The van der Waals surface area contributed by atoms with E-state index in [1.54, 1.807) is 0 Å². The molecule has 106 valence electrons. The van der Waals surface area contributed by atoms with E-state index in [1.807, 2.05) is 0 Å². The number of hydrogen-bond donors (Lipinski definition) is 1. The second kappa shape index (κ2) is 7.06. The van der Waals surface area contributed by atoms with Crippen LogP contribution in [0.25, 0.3) is 0 Å². The molecule has 1 fully saturated rings. The van der Waals surface area contributed by atoms with Crippen molar-refractivity contribution in [1.82, 2.24) is 14.9 Å². The van der Waals surface area contributed by atoms with Crippen LogP contribution in [0.5, 0.6) is 0 Å². The first-order valence-corrected chi connectivity index (χ1v) is 7.57. The van der Waals surface area contributed by atoms with Gasteiger partial charge in [-0.1, -0.05) is 24.9 Å². The molecule has 19 heavy (non-hydrogen) atoms. The first-order valence-electron chi connectivity index (χ1n) is 7.19. The van der Waals surface area contributed by atoms with Crippen LogP contribution in [0.1, 0.15) is 38.7 Å². The topological polar surface area (TPSA) is 41.1 Å². The van der Waals surface area contributed by atoms with Crippen molar-refractivity contribution in [2.45, 2.75) is 45.6 Å². The van der Waals surface area contributed by atoms with Gasteiger partial charge in [-0.3, -0.25) is 4.90 Å². The van der Waals surface area contributed by atoms with Crippen LogP contribution in [-0.2, 0) is 6.42 Å². The lowest BCUT2D eigenvalue weighted by Crippen LogP contribution is -2.41. The molecule has 0 bridgehead atoms. The molecule has 1 aromatic rings. The predicted octanol–water partition coefficient (Wildman–Crippen LogP) is 2.98. The van der Waals surface area contributed by atoms with Crippen molar-refractivity contribution in [1.29, 1.82) is 0 Å². The summed E-state index contributed by atoms with van der Waals surface area (Å²) >= 11 is 6.09. The Hall–Kier alpha value is -0.870. The highest BCUT2D eigenvalue weighted by molar-refractivity contribution is 6.30. The maximum atomic E-state index is 6.09. The largest absolute Gasteiger partial charge is 0.368 e. The molecule has 1 aliphatic heterocycles. The van der Waals surface area contributed by atoms with Gasteiger partial charge in [-0.05, 0) is 39.3 Å². The number of aromatic nitrogens is 2. The molecule has 5 heteroatoms. The van der Waals surface area contributed by atoms with Gasteiger partial charge in [-0.15, -0.1) is 0 Å². The summed E-state index contributed by atoms with van der Waals surface area (Å²) in [5.74, 6) is 0.881. The zero-order valence-electron chi connectivity index (χ0n) is 11.8. The number of likely N-dealkylation sites (tertiary alicyclic amines) is 1. The number of nitrogens with zero attached hydrogens (tertiary/aromatic N) is 3. The third kappa shape index (κ3) is 3.80. The molecule has 0 aliphatic carbocycles. The van der Waals surface area contributed by atoms with Crippen molar-refractivity contribution in [3.63, 3.8) is 0 Å². The van der Waals surface area contributed by atoms with E-state index in [0.29, 0.717) is 11.2 Å². The minimum absolute atomic E-state index is 0.527. The van der Waals surface area contributed by atoms with Gasteiger partial charge in [0.2, 0.25) is 0 Å². The first-order chi connectivity index (χ1) is 9.22. The molecular formula is C14H23ClN4. The maximum Gasteiger partial charge on any atom is 0.137 e. The van der Waals surface area contributed by atoms with E-state index in [9.17, 15) is 0 Å². The molecule has 1 atom stereocenters. The molecule has 0 amide bonds. The molecule has 0 radical (unpaired) electrons. The average Bonchev–Trinajstić information content (AvgIpc) is 2.45. The monoisotopic (exact) mass is 282 g/mol. The smallest absolute Gasteiger partial charge is 0.137 e. The summed E-state index contributed by atoms with van der Waals surface area (Å²) in [6.07, 6.45) is 6.39. The lowest BCUT2D eigenvalue weighted by molar-refractivity contribution is 0.180. The Morgan fingerprint density at radius 2 is 2.05 bits per heavy atom. The number of halogens is 1.